The maximum atomic E-state index is 12.2. The van der Waals surface area contributed by atoms with Crippen molar-refractivity contribution >= 4 is 17.7 Å². The maximum Gasteiger partial charge on any atom is 0.280 e. The fraction of sp³-hybridized carbons (Fsp3) is 0.222. The molecular formula is C18H17N3O3. The van der Waals surface area contributed by atoms with Crippen LogP contribution in [-0.2, 0) is 4.79 Å². The SMILES string of the molecule is CC(NC(=O)CCN1C(=O)c2cccnc2C1=O)c1ccccc1. The van der Waals surface area contributed by atoms with E-state index in [4.69, 9.17) is 0 Å². The van der Waals surface area contributed by atoms with Gasteiger partial charge in [-0.15, -0.1) is 0 Å². The molecule has 0 saturated heterocycles. The van der Waals surface area contributed by atoms with Gasteiger partial charge in [-0.2, -0.15) is 0 Å². The Kier molecular flexibility index (Phi) is 4.37. The van der Waals surface area contributed by atoms with Crippen molar-refractivity contribution in [3.63, 3.8) is 0 Å². The lowest BCUT2D eigenvalue weighted by Gasteiger charge is -2.16. The van der Waals surface area contributed by atoms with Gasteiger partial charge >= 0.3 is 0 Å². The highest BCUT2D eigenvalue weighted by Crippen LogP contribution is 2.20. The van der Waals surface area contributed by atoms with Crippen molar-refractivity contribution in [3.05, 3.63) is 65.5 Å². The number of nitrogens with one attached hydrogen (secondary N) is 1. The number of fused-ring (bicyclic) bond motifs is 1. The summed E-state index contributed by atoms with van der Waals surface area (Å²) in [7, 11) is 0. The van der Waals surface area contributed by atoms with Crippen LogP contribution in [0, 0.1) is 0 Å². The van der Waals surface area contributed by atoms with E-state index in [1.165, 1.54) is 6.20 Å². The topological polar surface area (TPSA) is 79.4 Å². The zero-order valence-corrected chi connectivity index (χ0v) is 13.2. The highest BCUT2D eigenvalue weighted by molar-refractivity contribution is 6.20. The molecule has 2 heterocycles. The van der Waals surface area contributed by atoms with Crippen LogP contribution < -0.4 is 5.32 Å². The molecule has 3 rings (SSSR count). The summed E-state index contributed by atoms with van der Waals surface area (Å²) in [5.41, 5.74) is 1.44. The number of aromatic nitrogens is 1. The molecule has 0 aliphatic carbocycles. The van der Waals surface area contributed by atoms with E-state index in [1.807, 2.05) is 37.3 Å². The molecule has 1 aromatic heterocycles. The molecule has 0 spiro atoms. The molecular weight excluding hydrogens is 306 g/mol. The molecule has 2 aromatic rings. The van der Waals surface area contributed by atoms with Gasteiger partial charge in [-0.1, -0.05) is 30.3 Å². The maximum absolute atomic E-state index is 12.2. The smallest absolute Gasteiger partial charge is 0.280 e. The van der Waals surface area contributed by atoms with E-state index in [2.05, 4.69) is 10.3 Å². The van der Waals surface area contributed by atoms with Crippen LogP contribution in [0.3, 0.4) is 0 Å². The van der Waals surface area contributed by atoms with E-state index in [-0.39, 0.29) is 30.6 Å². The van der Waals surface area contributed by atoms with Crippen molar-refractivity contribution in [1.29, 1.82) is 0 Å². The third-order valence-electron chi connectivity index (χ3n) is 3.97. The van der Waals surface area contributed by atoms with Gasteiger partial charge in [0.05, 0.1) is 11.6 Å². The number of imide groups is 1. The Bertz CT molecular complexity index is 754. The molecule has 1 aliphatic rings. The summed E-state index contributed by atoms with van der Waals surface area (Å²) in [4.78, 5) is 41.5. The Morgan fingerprint density at radius 1 is 1.12 bits per heavy atom. The first-order chi connectivity index (χ1) is 11.6. The summed E-state index contributed by atoms with van der Waals surface area (Å²) < 4.78 is 0. The number of benzene rings is 1. The van der Waals surface area contributed by atoms with Gasteiger partial charge in [-0.3, -0.25) is 24.3 Å². The van der Waals surface area contributed by atoms with Crippen molar-refractivity contribution in [2.45, 2.75) is 19.4 Å². The van der Waals surface area contributed by atoms with Gasteiger partial charge in [0.25, 0.3) is 11.8 Å². The van der Waals surface area contributed by atoms with Gasteiger partial charge in [-0.05, 0) is 24.6 Å². The van der Waals surface area contributed by atoms with E-state index in [0.717, 1.165) is 10.5 Å². The molecule has 0 saturated carbocycles. The normalized spacial score (nSPS) is 14.5. The lowest BCUT2D eigenvalue weighted by molar-refractivity contribution is -0.121. The predicted octanol–water partition coefficient (Wildman–Crippen LogP) is 1.95. The highest BCUT2D eigenvalue weighted by atomic mass is 16.2. The van der Waals surface area contributed by atoms with Crippen molar-refractivity contribution in [3.8, 4) is 0 Å². The number of hydrogen-bond donors (Lipinski definition) is 1. The first-order valence-electron chi connectivity index (χ1n) is 7.73. The van der Waals surface area contributed by atoms with Gasteiger partial charge < -0.3 is 5.32 Å². The first-order valence-corrected chi connectivity index (χ1v) is 7.73. The number of carbonyl (C=O) groups excluding carboxylic acids is 3. The molecule has 1 aliphatic heterocycles. The Balaban J connectivity index is 1.58. The zero-order valence-electron chi connectivity index (χ0n) is 13.2. The minimum Gasteiger partial charge on any atom is -0.350 e. The first kappa shape index (κ1) is 15.9. The van der Waals surface area contributed by atoms with Crippen LogP contribution in [0.1, 0.15) is 45.8 Å². The summed E-state index contributed by atoms with van der Waals surface area (Å²) in [5.74, 6) is -1.05. The van der Waals surface area contributed by atoms with Crippen LogP contribution in [0.25, 0.3) is 0 Å². The summed E-state index contributed by atoms with van der Waals surface area (Å²) in [6, 6.07) is 12.6. The van der Waals surface area contributed by atoms with Gasteiger partial charge in [-0.25, -0.2) is 0 Å². The lowest BCUT2D eigenvalue weighted by atomic mass is 10.1. The second-order valence-electron chi connectivity index (χ2n) is 5.61. The molecule has 1 N–H and O–H groups in total. The van der Waals surface area contributed by atoms with Gasteiger partial charge in [0.2, 0.25) is 5.91 Å². The third-order valence-corrected chi connectivity index (χ3v) is 3.97. The number of pyridine rings is 1. The summed E-state index contributed by atoms with van der Waals surface area (Å²) in [6.45, 7) is 1.93. The van der Waals surface area contributed by atoms with Gasteiger partial charge in [0, 0.05) is 19.2 Å². The minimum atomic E-state index is -0.445. The summed E-state index contributed by atoms with van der Waals surface area (Å²) >= 11 is 0. The van der Waals surface area contributed by atoms with Crippen LogP contribution in [0.5, 0.6) is 0 Å². The number of rotatable bonds is 5. The van der Waals surface area contributed by atoms with Gasteiger partial charge in [0.1, 0.15) is 5.69 Å². The van der Waals surface area contributed by atoms with E-state index in [0.29, 0.717) is 5.56 Å². The van der Waals surface area contributed by atoms with E-state index in [9.17, 15) is 14.4 Å². The predicted molar refractivity (Wildman–Crippen MR) is 87.2 cm³/mol. The quantitative estimate of drug-likeness (QED) is 0.853. The summed E-state index contributed by atoms with van der Waals surface area (Å²) in [6.07, 6.45) is 1.53. The fourth-order valence-corrected chi connectivity index (χ4v) is 2.67. The molecule has 122 valence electrons. The van der Waals surface area contributed by atoms with E-state index >= 15 is 0 Å². The van der Waals surface area contributed by atoms with E-state index < -0.39 is 11.8 Å². The highest BCUT2D eigenvalue weighted by Gasteiger charge is 2.36. The number of amides is 3. The molecule has 24 heavy (non-hydrogen) atoms. The Labute approximate surface area is 139 Å². The van der Waals surface area contributed by atoms with Crippen molar-refractivity contribution < 1.29 is 14.4 Å². The molecule has 0 bridgehead atoms. The fourth-order valence-electron chi connectivity index (χ4n) is 2.67. The molecule has 0 radical (unpaired) electrons. The number of nitrogens with zero attached hydrogens (tertiary/aromatic N) is 2. The number of hydrogen-bond acceptors (Lipinski definition) is 4. The molecule has 1 atom stereocenters. The minimum absolute atomic E-state index is 0.0430. The molecule has 6 nitrogen and oxygen atoms in total. The van der Waals surface area contributed by atoms with Crippen LogP contribution in [0.15, 0.2) is 48.7 Å². The molecule has 3 amide bonds. The lowest BCUT2D eigenvalue weighted by Crippen LogP contribution is -2.35. The standard InChI is InChI=1S/C18H17N3O3/c1-12(13-6-3-2-4-7-13)20-15(22)9-11-21-17(23)14-8-5-10-19-16(14)18(21)24/h2-8,10,12H,9,11H2,1H3,(H,20,22). The van der Waals surface area contributed by atoms with Crippen LogP contribution in [-0.4, -0.2) is 34.2 Å². The molecule has 1 unspecified atom stereocenters. The van der Waals surface area contributed by atoms with Crippen molar-refractivity contribution in [2.24, 2.45) is 0 Å². The monoisotopic (exact) mass is 323 g/mol. The summed E-state index contributed by atoms with van der Waals surface area (Å²) in [5, 5.41) is 2.87. The Hall–Kier alpha value is -3.02. The molecule has 6 heteroatoms. The third kappa shape index (κ3) is 3.03. The second-order valence-corrected chi connectivity index (χ2v) is 5.61. The van der Waals surface area contributed by atoms with Crippen LogP contribution >= 0.6 is 0 Å². The van der Waals surface area contributed by atoms with Crippen molar-refractivity contribution in [2.75, 3.05) is 6.54 Å². The largest absolute Gasteiger partial charge is 0.350 e. The Morgan fingerprint density at radius 2 is 1.88 bits per heavy atom. The average Bonchev–Trinajstić information content (AvgIpc) is 2.85. The van der Waals surface area contributed by atoms with Crippen LogP contribution in [0.4, 0.5) is 0 Å². The average molecular weight is 323 g/mol. The second kappa shape index (κ2) is 6.62. The number of carbonyl (C=O) groups is 3. The molecule has 1 aromatic carbocycles. The molecule has 0 fully saturated rings. The zero-order chi connectivity index (χ0) is 17.1. The van der Waals surface area contributed by atoms with Crippen molar-refractivity contribution in [1.82, 2.24) is 15.2 Å². The Morgan fingerprint density at radius 3 is 2.58 bits per heavy atom. The van der Waals surface area contributed by atoms with Gasteiger partial charge in [0.15, 0.2) is 0 Å². The van der Waals surface area contributed by atoms with Crippen LogP contribution in [0.2, 0.25) is 0 Å². The van der Waals surface area contributed by atoms with E-state index in [1.54, 1.807) is 12.1 Å².